The highest BCUT2D eigenvalue weighted by molar-refractivity contribution is 5.62. The first-order valence-corrected chi connectivity index (χ1v) is 2.39. The third-order valence-electron chi connectivity index (χ3n) is 1.90. The van der Waals surface area contributed by atoms with Crippen LogP contribution in [0, 0.1) is 17.8 Å². The lowest BCUT2D eigenvalue weighted by Crippen LogP contribution is -1.86. The maximum Gasteiger partial charge on any atom is 0.123 e. The molecular formula is C5H6O. The van der Waals surface area contributed by atoms with Gasteiger partial charge in [-0.1, -0.05) is 0 Å². The third-order valence-corrected chi connectivity index (χ3v) is 1.90. The predicted molar refractivity (Wildman–Crippen MR) is 21.2 cm³/mol. The Morgan fingerprint density at radius 3 is 2.17 bits per heavy atom. The van der Waals surface area contributed by atoms with Crippen LogP contribution in [0.25, 0.3) is 0 Å². The lowest BCUT2D eigenvalue weighted by atomic mass is 10.2. The fourth-order valence-electron chi connectivity index (χ4n) is 1.03. The highest BCUT2D eigenvalue weighted by Gasteiger charge is 2.63. The van der Waals surface area contributed by atoms with Crippen LogP contribution in [-0.4, -0.2) is 6.29 Å². The minimum absolute atomic E-state index is 0.519. The van der Waals surface area contributed by atoms with Gasteiger partial charge in [-0.05, 0) is 18.3 Å². The van der Waals surface area contributed by atoms with E-state index in [1.165, 1.54) is 6.42 Å². The van der Waals surface area contributed by atoms with Crippen LogP contribution in [0.3, 0.4) is 0 Å². The fraction of sp³-hybridized carbons (Fsp3) is 0.800. The molecule has 0 spiro atoms. The number of carbonyl (C=O) groups excluding carboxylic acids is 1. The molecule has 0 amide bonds. The molecule has 0 aromatic rings. The number of aldehydes is 1. The first-order chi connectivity index (χ1) is 2.93. The standard InChI is InChI=1S/C5H6O/c6-2-5-3-1-4(3)5/h2-5H,1H2/t3-,4+,5?. The van der Waals surface area contributed by atoms with Crippen molar-refractivity contribution in [3.63, 3.8) is 0 Å². The van der Waals surface area contributed by atoms with Crippen LogP contribution in [0.1, 0.15) is 6.42 Å². The van der Waals surface area contributed by atoms with E-state index in [1.54, 1.807) is 0 Å². The summed E-state index contributed by atoms with van der Waals surface area (Å²) in [6, 6.07) is 0. The lowest BCUT2D eigenvalue weighted by molar-refractivity contribution is -0.109. The van der Waals surface area contributed by atoms with Gasteiger partial charge in [0, 0.05) is 5.92 Å². The molecule has 0 saturated heterocycles. The molecule has 2 saturated carbocycles. The molecule has 0 bridgehead atoms. The zero-order valence-electron chi connectivity index (χ0n) is 3.42. The van der Waals surface area contributed by atoms with E-state index in [9.17, 15) is 4.79 Å². The van der Waals surface area contributed by atoms with E-state index in [0.29, 0.717) is 5.92 Å². The van der Waals surface area contributed by atoms with E-state index in [0.717, 1.165) is 18.1 Å². The third kappa shape index (κ3) is 0.140. The molecule has 0 N–H and O–H groups in total. The van der Waals surface area contributed by atoms with Crippen molar-refractivity contribution in [3.8, 4) is 0 Å². The number of hydrogen-bond acceptors (Lipinski definition) is 1. The second-order valence-corrected chi connectivity index (χ2v) is 2.28. The van der Waals surface area contributed by atoms with Gasteiger partial charge in [0.25, 0.3) is 0 Å². The zero-order chi connectivity index (χ0) is 4.15. The van der Waals surface area contributed by atoms with Crippen LogP contribution >= 0.6 is 0 Å². The Hall–Kier alpha value is -0.330. The van der Waals surface area contributed by atoms with Crippen molar-refractivity contribution in [2.45, 2.75) is 6.42 Å². The summed E-state index contributed by atoms with van der Waals surface area (Å²) in [4.78, 5) is 9.81. The van der Waals surface area contributed by atoms with Crippen LogP contribution < -0.4 is 0 Å². The van der Waals surface area contributed by atoms with Crippen molar-refractivity contribution >= 4 is 6.29 Å². The summed E-state index contributed by atoms with van der Waals surface area (Å²) in [6.45, 7) is 0. The summed E-state index contributed by atoms with van der Waals surface area (Å²) in [5, 5.41) is 0. The van der Waals surface area contributed by atoms with Gasteiger partial charge in [-0.15, -0.1) is 0 Å². The Morgan fingerprint density at radius 2 is 2.17 bits per heavy atom. The van der Waals surface area contributed by atoms with E-state index in [1.807, 2.05) is 0 Å². The van der Waals surface area contributed by atoms with E-state index in [4.69, 9.17) is 0 Å². The Labute approximate surface area is 36.3 Å². The molecule has 3 atom stereocenters. The molecule has 0 heterocycles. The van der Waals surface area contributed by atoms with Crippen molar-refractivity contribution in [2.24, 2.45) is 17.8 Å². The summed E-state index contributed by atoms with van der Waals surface area (Å²) in [5.74, 6) is 2.25. The van der Waals surface area contributed by atoms with Gasteiger partial charge in [-0.25, -0.2) is 0 Å². The lowest BCUT2D eigenvalue weighted by Gasteiger charge is -1.81. The fourth-order valence-corrected chi connectivity index (χ4v) is 1.03. The van der Waals surface area contributed by atoms with Gasteiger partial charge >= 0.3 is 0 Å². The van der Waals surface area contributed by atoms with Gasteiger partial charge in [0.15, 0.2) is 0 Å². The van der Waals surface area contributed by atoms with Crippen molar-refractivity contribution in [1.29, 1.82) is 0 Å². The van der Waals surface area contributed by atoms with E-state index < -0.39 is 0 Å². The minimum Gasteiger partial charge on any atom is -0.303 e. The molecule has 6 heavy (non-hydrogen) atoms. The Kier molecular flexibility index (Phi) is 0.256. The molecule has 0 aliphatic heterocycles. The maximum absolute atomic E-state index is 9.81. The molecule has 32 valence electrons. The summed E-state index contributed by atoms with van der Waals surface area (Å²) in [7, 11) is 0. The SMILES string of the molecule is O=CC1[C@H]2C[C@@H]12. The molecule has 0 aromatic carbocycles. The second kappa shape index (κ2) is 0.552. The average molecular weight is 82.1 g/mol. The predicted octanol–water partition coefficient (Wildman–Crippen LogP) is 0.451. The quantitative estimate of drug-likeness (QED) is 0.420. The molecule has 1 heteroatoms. The Bertz CT molecular complexity index is 90.1. The maximum atomic E-state index is 9.81. The summed E-state index contributed by atoms with van der Waals surface area (Å²) in [6.07, 6.45) is 2.45. The van der Waals surface area contributed by atoms with E-state index in [-0.39, 0.29) is 0 Å². The zero-order valence-corrected chi connectivity index (χ0v) is 3.42. The van der Waals surface area contributed by atoms with Gasteiger partial charge in [0.2, 0.25) is 0 Å². The van der Waals surface area contributed by atoms with Gasteiger partial charge < -0.3 is 4.79 Å². The number of fused-ring (bicyclic) bond motifs is 1. The first-order valence-electron chi connectivity index (χ1n) is 2.39. The van der Waals surface area contributed by atoms with Crippen molar-refractivity contribution in [2.75, 3.05) is 0 Å². The van der Waals surface area contributed by atoms with Crippen LogP contribution in [0.5, 0.6) is 0 Å². The van der Waals surface area contributed by atoms with Crippen molar-refractivity contribution in [1.82, 2.24) is 0 Å². The van der Waals surface area contributed by atoms with Crippen LogP contribution in [0.15, 0.2) is 0 Å². The largest absolute Gasteiger partial charge is 0.303 e. The molecule has 0 radical (unpaired) electrons. The van der Waals surface area contributed by atoms with Gasteiger partial charge in [-0.2, -0.15) is 0 Å². The van der Waals surface area contributed by atoms with E-state index in [2.05, 4.69) is 0 Å². The number of carbonyl (C=O) groups is 1. The van der Waals surface area contributed by atoms with Gasteiger partial charge in [-0.3, -0.25) is 0 Å². The highest BCUT2D eigenvalue weighted by atomic mass is 16.1. The Morgan fingerprint density at radius 1 is 1.50 bits per heavy atom. The van der Waals surface area contributed by atoms with Crippen molar-refractivity contribution < 1.29 is 4.79 Å². The average Bonchev–Trinajstić information content (AvgIpc) is 2.12. The topological polar surface area (TPSA) is 17.1 Å². The smallest absolute Gasteiger partial charge is 0.123 e. The number of rotatable bonds is 1. The first kappa shape index (κ1) is 2.78. The normalized spacial score (nSPS) is 59.7. The molecular weight excluding hydrogens is 76.1 g/mol. The molecule has 1 unspecified atom stereocenters. The second-order valence-electron chi connectivity index (χ2n) is 2.28. The molecule has 2 aliphatic rings. The molecule has 2 fully saturated rings. The Balaban J connectivity index is 2.07. The highest BCUT2D eigenvalue weighted by Crippen LogP contribution is 2.66. The van der Waals surface area contributed by atoms with Crippen LogP contribution in [0.4, 0.5) is 0 Å². The van der Waals surface area contributed by atoms with Gasteiger partial charge in [0.1, 0.15) is 6.29 Å². The molecule has 2 aliphatic carbocycles. The van der Waals surface area contributed by atoms with Crippen LogP contribution in [0.2, 0.25) is 0 Å². The molecule has 1 nitrogen and oxygen atoms in total. The minimum atomic E-state index is 0.519. The summed E-state index contributed by atoms with van der Waals surface area (Å²) >= 11 is 0. The van der Waals surface area contributed by atoms with Crippen LogP contribution in [-0.2, 0) is 4.79 Å². The summed E-state index contributed by atoms with van der Waals surface area (Å²) < 4.78 is 0. The molecule has 0 aromatic heterocycles. The number of hydrogen-bond donors (Lipinski definition) is 0. The van der Waals surface area contributed by atoms with Gasteiger partial charge in [0.05, 0.1) is 0 Å². The van der Waals surface area contributed by atoms with Crippen molar-refractivity contribution in [3.05, 3.63) is 0 Å². The monoisotopic (exact) mass is 82.0 g/mol. The summed E-state index contributed by atoms with van der Waals surface area (Å²) in [5.41, 5.74) is 0. The van der Waals surface area contributed by atoms with E-state index >= 15 is 0 Å². The molecule has 2 rings (SSSR count).